The second-order valence-electron chi connectivity index (χ2n) is 4.81. The third-order valence-corrected chi connectivity index (χ3v) is 3.94. The summed E-state index contributed by atoms with van der Waals surface area (Å²) in [7, 11) is 0. The molecule has 2 aliphatic rings. The van der Waals surface area contributed by atoms with E-state index >= 15 is 0 Å². The summed E-state index contributed by atoms with van der Waals surface area (Å²) >= 11 is 0. The van der Waals surface area contributed by atoms with Crippen molar-refractivity contribution >= 4 is 24.8 Å². The van der Waals surface area contributed by atoms with Crippen LogP contribution in [0, 0.1) is 5.92 Å². The summed E-state index contributed by atoms with van der Waals surface area (Å²) in [6.45, 7) is 2.52. The van der Waals surface area contributed by atoms with E-state index in [1.807, 2.05) is 10.6 Å². The average Bonchev–Trinajstić information content (AvgIpc) is 2.31. The number of pyridine rings is 1. The van der Waals surface area contributed by atoms with E-state index in [9.17, 15) is 4.79 Å². The van der Waals surface area contributed by atoms with Crippen molar-refractivity contribution in [3.05, 3.63) is 34.2 Å². The van der Waals surface area contributed by atoms with Gasteiger partial charge in [0.25, 0.3) is 5.56 Å². The number of nitrogens with zero attached hydrogens (tertiary/aromatic N) is 1. The molecule has 1 aromatic heterocycles. The number of nitrogens with two attached hydrogens (primary N) is 1. The van der Waals surface area contributed by atoms with Gasteiger partial charge >= 0.3 is 0 Å². The van der Waals surface area contributed by atoms with E-state index in [0.29, 0.717) is 18.4 Å². The molecule has 1 saturated heterocycles. The largest absolute Gasteiger partial charge is 0.328 e. The third-order valence-electron chi connectivity index (χ3n) is 3.94. The second kappa shape index (κ2) is 6.06. The zero-order valence-corrected chi connectivity index (χ0v) is 11.7. The predicted octanol–water partition coefficient (Wildman–Crippen LogP) is 0.898. The van der Waals surface area contributed by atoms with Crippen LogP contribution >= 0.6 is 24.8 Å². The highest BCUT2D eigenvalue weighted by Gasteiger charge is 2.36. The molecule has 102 valence electrons. The van der Waals surface area contributed by atoms with Crippen LogP contribution in [0.4, 0.5) is 0 Å². The maximum Gasteiger partial charge on any atom is 0.251 e. The second-order valence-corrected chi connectivity index (χ2v) is 4.81. The summed E-state index contributed by atoms with van der Waals surface area (Å²) in [5.74, 6) is 0.992. The highest BCUT2D eigenvalue weighted by Crippen LogP contribution is 2.37. The number of halogens is 2. The van der Waals surface area contributed by atoms with Gasteiger partial charge in [0.05, 0.1) is 6.04 Å². The molecule has 3 rings (SSSR count). The Morgan fingerprint density at radius 1 is 1.33 bits per heavy atom. The molecule has 6 heteroatoms. The molecule has 0 saturated carbocycles. The van der Waals surface area contributed by atoms with Gasteiger partial charge in [-0.3, -0.25) is 4.79 Å². The first kappa shape index (κ1) is 15.5. The molecule has 2 aliphatic heterocycles. The summed E-state index contributed by atoms with van der Waals surface area (Å²) in [4.78, 5) is 12.0. The molecule has 1 fully saturated rings. The Morgan fingerprint density at radius 3 is 2.83 bits per heavy atom. The maximum atomic E-state index is 12.0. The van der Waals surface area contributed by atoms with Gasteiger partial charge in [-0.1, -0.05) is 6.07 Å². The van der Waals surface area contributed by atoms with E-state index < -0.39 is 0 Å². The van der Waals surface area contributed by atoms with Crippen LogP contribution < -0.4 is 16.6 Å². The van der Waals surface area contributed by atoms with Gasteiger partial charge in [-0.2, -0.15) is 0 Å². The Kier molecular flexibility index (Phi) is 5.22. The minimum absolute atomic E-state index is 0. The van der Waals surface area contributed by atoms with E-state index in [1.54, 1.807) is 6.07 Å². The predicted molar refractivity (Wildman–Crippen MR) is 77.0 cm³/mol. The highest BCUT2D eigenvalue weighted by molar-refractivity contribution is 5.85. The zero-order valence-electron chi connectivity index (χ0n) is 10.0. The Balaban J connectivity index is 0.000000810. The molecule has 1 aromatic rings. The summed E-state index contributed by atoms with van der Waals surface area (Å²) < 4.78 is 1.93. The quantitative estimate of drug-likeness (QED) is 0.808. The number of hydrogen-bond donors (Lipinski definition) is 2. The van der Waals surface area contributed by atoms with Gasteiger partial charge in [0.15, 0.2) is 0 Å². The Hall–Kier alpha value is -0.550. The van der Waals surface area contributed by atoms with Crippen molar-refractivity contribution in [3.8, 4) is 0 Å². The van der Waals surface area contributed by atoms with Crippen LogP contribution in [0.3, 0.4) is 0 Å². The van der Waals surface area contributed by atoms with E-state index in [-0.39, 0.29) is 36.4 Å². The van der Waals surface area contributed by atoms with Crippen LogP contribution in [0.15, 0.2) is 23.0 Å². The van der Waals surface area contributed by atoms with Crippen molar-refractivity contribution in [2.45, 2.75) is 18.4 Å². The van der Waals surface area contributed by atoms with Gasteiger partial charge in [0.1, 0.15) is 0 Å². The number of hydrogen-bond acceptors (Lipinski definition) is 3. The maximum absolute atomic E-state index is 12.0. The first-order chi connectivity index (χ1) is 7.81. The number of piperidine rings is 1. The van der Waals surface area contributed by atoms with Crippen LogP contribution in [0.25, 0.3) is 0 Å². The minimum atomic E-state index is 0. The number of rotatable bonds is 1. The van der Waals surface area contributed by atoms with Crippen LogP contribution in [0.5, 0.6) is 0 Å². The number of aromatic nitrogens is 1. The van der Waals surface area contributed by atoms with Crippen molar-refractivity contribution in [2.75, 3.05) is 19.6 Å². The summed E-state index contributed by atoms with van der Waals surface area (Å²) in [5, 5.41) is 3.44. The van der Waals surface area contributed by atoms with Crippen molar-refractivity contribution in [2.24, 2.45) is 11.7 Å². The van der Waals surface area contributed by atoms with Crippen LogP contribution in [0.2, 0.25) is 0 Å². The number of nitrogens with one attached hydrogen (secondary N) is 1. The molecular formula is C12H19Cl2N3O. The lowest BCUT2D eigenvalue weighted by atomic mass is 9.79. The molecule has 0 spiro atoms. The lowest BCUT2D eigenvalue weighted by Crippen LogP contribution is -2.49. The lowest BCUT2D eigenvalue weighted by Gasteiger charge is -2.42. The molecule has 3 N–H and O–H groups in total. The van der Waals surface area contributed by atoms with Crippen LogP contribution in [0.1, 0.15) is 24.1 Å². The topological polar surface area (TPSA) is 60.0 Å². The molecule has 0 radical (unpaired) electrons. The molecule has 3 atom stereocenters. The fourth-order valence-corrected chi connectivity index (χ4v) is 3.21. The van der Waals surface area contributed by atoms with Gasteiger partial charge in [-0.05, 0) is 18.4 Å². The van der Waals surface area contributed by atoms with E-state index in [4.69, 9.17) is 5.73 Å². The smallest absolute Gasteiger partial charge is 0.251 e. The minimum Gasteiger partial charge on any atom is -0.328 e. The molecule has 2 bridgehead atoms. The molecule has 0 amide bonds. The molecule has 0 aromatic carbocycles. The van der Waals surface area contributed by atoms with Crippen molar-refractivity contribution in [1.29, 1.82) is 0 Å². The van der Waals surface area contributed by atoms with Gasteiger partial charge in [0.2, 0.25) is 0 Å². The number of fused-ring (bicyclic) bond motifs is 4. The lowest BCUT2D eigenvalue weighted by molar-refractivity contribution is 0.199. The van der Waals surface area contributed by atoms with Gasteiger partial charge in [-0.25, -0.2) is 0 Å². The first-order valence-electron chi connectivity index (χ1n) is 5.93. The fourth-order valence-electron chi connectivity index (χ4n) is 3.21. The monoisotopic (exact) mass is 291 g/mol. The standard InChI is InChI=1S/C12H17N3O.2ClH/c13-5-11-9-4-8(6-14-7-9)10-2-1-3-12(16)15(10)11;;/h1-3,8-9,11,14H,4-7,13H2;2*1H/t8-,9+,11+;;/m1../s1. The molecule has 3 heterocycles. The Bertz CT molecular complexity index is 463. The molecule has 18 heavy (non-hydrogen) atoms. The SMILES string of the molecule is Cl.Cl.NC[C@H]1[C@@H]2CNC[C@@H](C2)c2cccc(=O)n21. The van der Waals surface area contributed by atoms with Gasteiger partial charge in [0, 0.05) is 37.3 Å². The Labute approximate surface area is 119 Å². The van der Waals surface area contributed by atoms with Crippen molar-refractivity contribution < 1.29 is 0 Å². The summed E-state index contributed by atoms with van der Waals surface area (Å²) in [6.07, 6.45) is 1.16. The van der Waals surface area contributed by atoms with Gasteiger partial charge < -0.3 is 15.6 Å². The molecule has 4 nitrogen and oxygen atoms in total. The van der Waals surface area contributed by atoms with E-state index in [0.717, 1.165) is 18.8 Å². The van der Waals surface area contributed by atoms with Crippen molar-refractivity contribution in [3.63, 3.8) is 0 Å². The summed E-state index contributed by atoms with van der Waals surface area (Å²) in [5.41, 5.74) is 7.10. The first-order valence-corrected chi connectivity index (χ1v) is 5.93. The third kappa shape index (κ3) is 2.30. The normalized spacial score (nSPS) is 28.6. The van der Waals surface area contributed by atoms with Crippen molar-refractivity contribution in [1.82, 2.24) is 9.88 Å². The van der Waals surface area contributed by atoms with E-state index in [2.05, 4.69) is 11.4 Å². The molecular weight excluding hydrogens is 273 g/mol. The molecule has 0 aliphatic carbocycles. The molecule has 0 unspecified atom stereocenters. The summed E-state index contributed by atoms with van der Waals surface area (Å²) in [6, 6.07) is 5.74. The average molecular weight is 292 g/mol. The Morgan fingerprint density at radius 2 is 2.11 bits per heavy atom. The van der Waals surface area contributed by atoms with Gasteiger partial charge in [-0.15, -0.1) is 24.8 Å². The van der Waals surface area contributed by atoms with Crippen LogP contribution in [-0.2, 0) is 0 Å². The van der Waals surface area contributed by atoms with E-state index in [1.165, 1.54) is 6.42 Å². The fraction of sp³-hybridized carbons (Fsp3) is 0.583. The van der Waals surface area contributed by atoms with Crippen LogP contribution in [-0.4, -0.2) is 24.2 Å². The highest BCUT2D eigenvalue weighted by atomic mass is 35.5. The zero-order chi connectivity index (χ0) is 11.1.